The van der Waals surface area contributed by atoms with Gasteiger partial charge in [-0.15, -0.1) is 0 Å². The maximum absolute atomic E-state index is 5.85. The fourth-order valence-corrected chi connectivity index (χ4v) is 2.33. The van der Waals surface area contributed by atoms with E-state index >= 15 is 0 Å². The number of hydrogen-bond donors (Lipinski definition) is 1. The number of rotatable bonds is 6. The van der Waals surface area contributed by atoms with Crippen LogP contribution >= 0.6 is 0 Å². The normalized spacial score (nSPS) is 13.3. The van der Waals surface area contributed by atoms with Crippen LogP contribution < -0.4 is 5.73 Å². The minimum absolute atomic E-state index is 0.207. The number of ether oxygens (including phenoxy) is 1. The molecule has 0 bridgehead atoms. The van der Waals surface area contributed by atoms with Gasteiger partial charge in [-0.2, -0.15) is 0 Å². The standard InChI is InChI=1S/C16H24N2O/c1-12(2)19-9-8-18-7-6-15-11-14(10-13(3)17)4-5-16(15)18/h4-7,11-13H,8-10,17H2,1-3H3. The van der Waals surface area contributed by atoms with E-state index < -0.39 is 0 Å². The summed E-state index contributed by atoms with van der Waals surface area (Å²) in [5.41, 5.74) is 8.41. The zero-order chi connectivity index (χ0) is 13.8. The van der Waals surface area contributed by atoms with Crippen molar-refractivity contribution in [2.24, 2.45) is 5.73 Å². The van der Waals surface area contributed by atoms with E-state index in [9.17, 15) is 0 Å². The van der Waals surface area contributed by atoms with Crippen molar-refractivity contribution >= 4 is 10.9 Å². The molecule has 3 heteroatoms. The van der Waals surface area contributed by atoms with Crippen molar-refractivity contribution in [2.45, 2.75) is 45.9 Å². The van der Waals surface area contributed by atoms with Crippen LogP contribution in [0, 0.1) is 0 Å². The molecule has 1 aromatic heterocycles. The Labute approximate surface area is 115 Å². The molecule has 0 aliphatic rings. The largest absolute Gasteiger partial charge is 0.377 e. The van der Waals surface area contributed by atoms with Crippen LogP contribution in [0.3, 0.4) is 0 Å². The van der Waals surface area contributed by atoms with Gasteiger partial charge in [-0.05, 0) is 56.3 Å². The number of nitrogens with zero attached hydrogens (tertiary/aromatic N) is 1. The fraction of sp³-hybridized carbons (Fsp3) is 0.500. The minimum Gasteiger partial charge on any atom is -0.377 e. The summed E-state index contributed by atoms with van der Waals surface area (Å²) in [4.78, 5) is 0. The minimum atomic E-state index is 0.207. The van der Waals surface area contributed by atoms with Crippen LogP contribution in [0.15, 0.2) is 30.5 Å². The van der Waals surface area contributed by atoms with E-state index in [4.69, 9.17) is 10.5 Å². The zero-order valence-corrected chi connectivity index (χ0v) is 12.1. The smallest absolute Gasteiger partial charge is 0.0649 e. The van der Waals surface area contributed by atoms with Gasteiger partial charge in [0.15, 0.2) is 0 Å². The lowest BCUT2D eigenvalue weighted by Gasteiger charge is -2.10. The third-order valence-corrected chi connectivity index (χ3v) is 3.18. The molecule has 0 saturated heterocycles. The number of fused-ring (bicyclic) bond motifs is 1. The van der Waals surface area contributed by atoms with Crippen molar-refractivity contribution in [3.8, 4) is 0 Å². The lowest BCUT2D eigenvalue weighted by atomic mass is 10.1. The first-order valence-electron chi connectivity index (χ1n) is 7.01. The summed E-state index contributed by atoms with van der Waals surface area (Å²) in [6.45, 7) is 7.82. The molecule has 104 valence electrons. The van der Waals surface area contributed by atoms with Gasteiger partial charge in [-0.1, -0.05) is 6.07 Å². The maximum Gasteiger partial charge on any atom is 0.0649 e. The van der Waals surface area contributed by atoms with E-state index in [-0.39, 0.29) is 6.04 Å². The Bertz CT molecular complexity index is 529. The SMILES string of the molecule is CC(N)Cc1ccc2c(ccn2CCOC(C)C)c1. The van der Waals surface area contributed by atoms with Crippen molar-refractivity contribution in [3.63, 3.8) is 0 Å². The van der Waals surface area contributed by atoms with Crippen LogP contribution in [-0.2, 0) is 17.7 Å². The second kappa shape index (κ2) is 6.22. The van der Waals surface area contributed by atoms with Crippen molar-refractivity contribution < 1.29 is 4.74 Å². The maximum atomic E-state index is 5.85. The first-order valence-corrected chi connectivity index (χ1v) is 7.01. The molecule has 2 rings (SSSR count). The molecule has 0 radical (unpaired) electrons. The van der Waals surface area contributed by atoms with Crippen LogP contribution in [0.4, 0.5) is 0 Å². The Kier molecular flexibility index (Phi) is 4.61. The third-order valence-electron chi connectivity index (χ3n) is 3.18. The van der Waals surface area contributed by atoms with Crippen LogP contribution in [0.2, 0.25) is 0 Å². The molecule has 2 aromatic rings. The van der Waals surface area contributed by atoms with Crippen molar-refractivity contribution in [2.75, 3.05) is 6.61 Å². The molecular weight excluding hydrogens is 236 g/mol. The van der Waals surface area contributed by atoms with E-state index in [1.807, 2.05) is 6.92 Å². The highest BCUT2D eigenvalue weighted by Crippen LogP contribution is 2.18. The molecule has 0 aliphatic carbocycles. The highest BCUT2D eigenvalue weighted by atomic mass is 16.5. The highest BCUT2D eigenvalue weighted by Gasteiger charge is 2.04. The fourth-order valence-electron chi connectivity index (χ4n) is 2.33. The summed E-state index contributed by atoms with van der Waals surface area (Å²) in [7, 11) is 0. The molecular formula is C16H24N2O. The van der Waals surface area contributed by atoms with E-state index in [0.29, 0.717) is 6.10 Å². The Balaban J connectivity index is 2.10. The van der Waals surface area contributed by atoms with Gasteiger partial charge in [0.1, 0.15) is 0 Å². The molecule has 19 heavy (non-hydrogen) atoms. The second-order valence-corrected chi connectivity index (χ2v) is 5.50. The van der Waals surface area contributed by atoms with Crippen molar-refractivity contribution in [3.05, 3.63) is 36.0 Å². The summed E-state index contributed by atoms with van der Waals surface area (Å²) in [6.07, 6.45) is 3.35. The predicted octanol–water partition coefficient (Wildman–Crippen LogP) is 2.96. The lowest BCUT2D eigenvalue weighted by molar-refractivity contribution is 0.0733. The summed E-state index contributed by atoms with van der Waals surface area (Å²) < 4.78 is 7.85. The topological polar surface area (TPSA) is 40.2 Å². The van der Waals surface area contributed by atoms with E-state index in [2.05, 4.69) is 48.9 Å². The number of nitrogens with two attached hydrogens (primary N) is 1. The molecule has 0 aliphatic heterocycles. The number of hydrogen-bond acceptors (Lipinski definition) is 2. The Morgan fingerprint density at radius 2 is 2.00 bits per heavy atom. The van der Waals surface area contributed by atoms with Crippen LogP contribution in [-0.4, -0.2) is 23.3 Å². The molecule has 3 nitrogen and oxygen atoms in total. The van der Waals surface area contributed by atoms with Gasteiger partial charge in [0.05, 0.1) is 12.7 Å². The Morgan fingerprint density at radius 3 is 2.68 bits per heavy atom. The summed E-state index contributed by atoms with van der Waals surface area (Å²) in [5, 5.41) is 1.28. The van der Waals surface area contributed by atoms with E-state index in [0.717, 1.165) is 19.6 Å². The van der Waals surface area contributed by atoms with E-state index in [1.54, 1.807) is 0 Å². The molecule has 1 aromatic carbocycles. The molecule has 0 spiro atoms. The Hall–Kier alpha value is -1.32. The zero-order valence-electron chi connectivity index (χ0n) is 12.1. The van der Waals surface area contributed by atoms with Gasteiger partial charge in [-0.25, -0.2) is 0 Å². The molecule has 2 N–H and O–H groups in total. The number of aromatic nitrogens is 1. The third kappa shape index (κ3) is 3.82. The first-order chi connectivity index (χ1) is 9.06. The summed E-state index contributed by atoms with van der Waals surface area (Å²) in [5.74, 6) is 0. The predicted molar refractivity (Wildman–Crippen MR) is 80.4 cm³/mol. The molecule has 1 atom stereocenters. The molecule has 0 saturated carbocycles. The quantitative estimate of drug-likeness (QED) is 0.867. The van der Waals surface area contributed by atoms with Gasteiger partial charge in [0.2, 0.25) is 0 Å². The van der Waals surface area contributed by atoms with Crippen molar-refractivity contribution in [1.82, 2.24) is 4.57 Å². The van der Waals surface area contributed by atoms with Crippen LogP contribution in [0.5, 0.6) is 0 Å². The summed E-state index contributed by atoms with van der Waals surface area (Å²) >= 11 is 0. The Morgan fingerprint density at radius 1 is 1.21 bits per heavy atom. The average molecular weight is 260 g/mol. The number of benzene rings is 1. The van der Waals surface area contributed by atoms with Crippen LogP contribution in [0.25, 0.3) is 10.9 Å². The second-order valence-electron chi connectivity index (χ2n) is 5.50. The van der Waals surface area contributed by atoms with Gasteiger partial charge >= 0.3 is 0 Å². The highest BCUT2D eigenvalue weighted by molar-refractivity contribution is 5.80. The monoisotopic (exact) mass is 260 g/mol. The summed E-state index contributed by atoms with van der Waals surface area (Å²) in [6, 6.07) is 8.96. The van der Waals surface area contributed by atoms with Gasteiger partial charge < -0.3 is 15.0 Å². The molecule has 1 heterocycles. The average Bonchev–Trinajstić information content (AvgIpc) is 2.70. The van der Waals surface area contributed by atoms with Crippen molar-refractivity contribution in [1.29, 1.82) is 0 Å². The van der Waals surface area contributed by atoms with Gasteiger partial charge in [-0.3, -0.25) is 0 Å². The molecule has 0 amide bonds. The molecule has 0 fully saturated rings. The van der Waals surface area contributed by atoms with Crippen LogP contribution in [0.1, 0.15) is 26.3 Å². The van der Waals surface area contributed by atoms with Gasteiger partial charge in [0, 0.05) is 24.3 Å². The van der Waals surface area contributed by atoms with E-state index in [1.165, 1.54) is 16.5 Å². The van der Waals surface area contributed by atoms with Gasteiger partial charge in [0.25, 0.3) is 0 Å². The first kappa shape index (κ1) is 14.1. The lowest BCUT2D eigenvalue weighted by Crippen LogP contribution is -2.17. The molecule has 1 unspecified atom stereocenters.